The third-order valence-corrected chi connectivity index (χ3v) is 3.26. The first-order valence-electron chi connectivity index (χ1n) is 6.65. The van der Waals surface area contributed by atoms with E-state index in [-0.39, 0.29) is 0 Å². The quantitative estimate of drug-likeness (QED) is 0.926. The Bertz CT molecular complexity index is 651. The predicted octanol–water partition coefficient (Wildman–Crippen LogP) is 2.82. The molecule has 20 heavy (non-hydrogen) atoms. The maximum Gasteiger partial charge on any atom is 0.154 e. The highest BCUT2D eigenvalue weighted by atomic mass is 15.4. The van der Waals surface area contributed by atoms with E-state index >= 15 is 0 Å². The van der Waals surface area contributed by atoms with E-state index in [0.29, 0.717) is 11.3 Å². The van der Waals surface area contributed by atoms with Gasteiger partial charge in [-0.05, 0) is 31.5 Å². The predicted molar refractivity (Wildman–Crippen MR) is 80.9 cm³/mol. The zero-order valence-corrected chi connectivity index (χ0v) is 12.1. The molecule has 2 aromatic rings. The summed E-state index contributed by atoms with van der Waals surface area (Å²) in [6.45, 7) is 4.83. The molecule has 1 aromatic heterocycles. The fourth-order valence-electron chi connectivity index (χ4n) is 2.21. The van der Waals surface area contributed by atoms with Crippen LogP contribution in [-0.2, 0) is 6.54 Å². The Balaban J connectivity index is 2.47. The maximum absolute atomic E-state index is 9.00. The summed E-state index contributed by atoms with van der Waals surface area (Å²) < 4.78 is 1.92. The minimum atomic E-state index is 0.631. The first-order valence-corrected chi connectivity index (χ1v) is 6.65. The maximum atomic E-state index is 9.00. The van der Waals surface area contributed by atoms with E-state index in [1.807, 2.05) is 41.8 Å². The van der Waals surface area contributed by atoms with Gasteiger partial charge in [0.2, 0.25) is 0 Å². The number of anilines is 3. The van der Waals surface area contributed by atoms with Crippen LogP contribution in [0, 0.1) is 18.3 Å². The van der Waals surface area contributed by atoms with Gasteiger partial charge in [0.15, 0.2) is 5.82 Å². The van der Waals surface area contributed by atoms with Crippen LogP contribution < -0.4 is 10.6 Å². The van der Waals surface area contributed by atoms with Gasteiger partial charge in [-0.15, -0.1) is 0 Å². The lowest BCUT2D eigenvalue weighted by molar-refractivity contribution is 0.599. The number of nitrogen functional groups attached to an aromatic ring is 1. The summed E-state index contributed by atoms with van der Waals surface area (Å²) in [5.41, 5.74) is 9.22. The lowest BCUT2D eigenvalue weighted by Gasteiger charge is -2.21. The molecule has 5 heteroatoms. The van der Waals surface area contributed by atoms with Crippen LogP contribution in [0.3, 0.4) is 0 Å². The summed E-state index contributed by atoms with van der Waals surface area (Å²) in [5, 5.41) is 13.5. The second-order valence-corrected chi connectivity index (χ2v) is 4.77. The third kappa shape index (κ3) is 2.45. The molecule has 104 valence electrons. The van der Waals surface area contributed by atoms with E-state index in [9.17, 15) is 0 Å². The standard InChI is InChI=1S/C15H19N5/c1-4-8-20-15(14(17)11(2)18-20)19(3)13-7-5-6-12(9-13)10-16/h5-7,9H,4,8,17H2,1-3H3. The van der Waals surface area contributed by atoms with Crippen LogP contribution in [0.25, 0.3) is 0 Å². The minimum absolute atomic E-state index is 0.631. The number of nitriles is 1. The Morgan fingerprint density at radius 1 is 1.45 bits per heavy atom. The molecular formula is C15H19N5. The van der Waals surface area contributed by atoms with Crippen LogP contribution in [0.5, 0.6) is 0 Å². The third-order valence-electron chi connectivity index (χ3n) is 3.26. The van der Waals surface area contributed by atoms with Gasteiger partial charge in [0.1, 0.15) is 0 Å². The van der Waals surface area contributed by atoms with Crippen LogP contribution in [0.15, 0.2) is 24.3 Å². The van der Waals surface area contributed by atoms with Gasteiger partial charge in [0, 0.05) is 19.3 Å². The number of hydrogen-bond acceptors (Lipinski definition) is 4. The number of nitrogens with zero attached hydrogens (tertiary/aromatic N) is 4. The van der Waals surface area contributed by atoms with Crippen molar-refractivity contribution < 1.29 is 0 Å². The zero-order chi connectivity index (χ0) is 14.7. The molecule has 2 N–H and O–H groups in total. The summed E-state index contributed by atoms with van der Waals surface area (Å²) in [5.74, 6) is 0.874. The number of aryl methyl sites for hydroxylation is 2. The van der Waals surface area contributed by atoms with Crippen molar-refractivity contribution >= 4 is 17.2 Å². The van der Waals surface area contributed by atoms with E-state index in [2.05, 4.69) is 18.1 Å². The minimum Gasteiger partial charge on any atom is -0.394 e. The van der Waals surface area contributed by atoms with Gasteiger partial charge >= 0.3 is 0 Å². The largest absolute Gasteiger partial charge is 0.394 e. The van der Waals surface area contributed by atoms with Crippen molar-refractivity contribution in [3.8, 4) is 6.07 Å². The Kier molecular flexibility index (Phi) is 3.94. The molecular weight excluding hydrogens is 250 g/mol. The number of hydrogen-bond donors (Lipinski definition) is 1. The molecule has 0 bridgehead atoms. The van der Waals surface area contributed by atoms with E-state index in [1.54, 1.807) is 6.07 Å². The summed E-state index contributed by atoms with van der Waals surface area (Å²) >= 11 is 0. The van der Waals surface area contributed by atoms with Crippen molar-refractivity contribution in [2.24, 2.45) is 0 Å². The molecule has 0 unspecified atom stereocenters. The molecule has 0 amide bonds. The Morgan fingerprint density at radius 3 is 2.85 bits per heavy atom. The fourth-order valence-corrected chi connectivity index (χ4v) is 2.21. The Morgan fingerprint density at radius 2 is 2.20 bits per heavy atom. The number of benzene rings is 1. The Hall–Kier alpha value is -2.48. The molecule has 0 spiro atoms. The molecule has 0 aliphatic carbocycles. The zero-order valence-electron chi connectivity index (χ0n) is 12.1. The van der Waals surface area contributed by atoms with E-state index in [4.69, 9.17) is 11.0 Å². The van der Waals surface area contributed by atoms with E-state index in [1.165, 1.54) is 0 Å². The van der Waals surface area contributed by atoms with Gasteiger partial charge in [-0.25, -0.2) is 4.68 Å². The monoisotopic (exact) mass is 269 g/mol. The average Bonchev–Trinajstić information content (AvgIpc) is 2.74. The highest BCUT2D eigenvalue weighted by Gasteiger charge is 2.17. The van der Waals surface area contributed by atoms with Crippen molar-refractivity contribution in [3.63, 3.8) is 0 Å². The fraction of sp³-hybridized carbons (Fsp3) is 0.333. The smallest absolute Gasteiger partial charge is 0.154 e. The van der Waals surface area contributed by atoms with Crippen molar-refractivity contribution in [2.45, 2.75) is 26.8 Å². The van der Waals surface area contributed by atoms with Crippen molar-refractivity contribution in [2.75, 3.05) is 17.7 Å². The highest BCUT2D eigenvalue weighted by molar-refractivity contribution is 5.73. The summed E-state index contributed by atoms with van der Waals surface area (Å²) in [7, 11) is 1.94. The van der Waals surface area contributed by atoms with Crippen LogP contribution in [0.1, 0.15) is 24.6 Å². The van der Waals surface area contributed by atoms with Gasteiger partial charge in [0.05, 0.1) is 23.0 Å². The van der Waals surface area contributed by atoms with Gasteiger partial charge in [-0.1, -0.05) is 13.0 Å². The molecule has 0 aliphatic rings. The van der Waals surface area contributed by atoms with Crippen molar-refractivity contribution in [1.29, 1.82) is 5.26 Å². The van der Waals surface area contributed by atoms with Gasteiger partial charge < -0.3 is 10.6 Å². The molecule has 0 aliphatic heterocycles. The normalized spacial score (nSPS) is 10.3. The van der Waals surface area contributed by atoms with Crippen molar-refractivity contribution in [3.05, 3.63) is 35.5 Å². The number of aromatic nitrogens is 2. The second-order valence-electron chi connectivity index (χ2n) is 4.77. The molecule has 2 rings (SSSR count). The molecule has 5 nitrogen and oxygen atoms in total. The summed E-state index contributed by atoms with van der Waals surface area (Å²) in [6, 6.07) is 9.61. The summed E-state index contributed by atoms with van der Waals surface area (Å²) in [6.07, 6.45) is 0.986. The lowest BCUT2D eigenvalue weighted by Crippen LogP contribution is -2.16. The van der Waals surface area contributed by atoms with Gasteiger partial charge in [-0.2, -0.15) is 10.4 Å². The average molecular weight is 269 g/mol. The SMILES string of the molecule is CCCn1nc(C)c(N)c1N(C)c1cccc(C#N)c1. The topological polar surface area (TPSA) is 70.9 Å². The number of rotatable bonds is 4. The van der Waals surface area contributed by atoms with Crippen LogP contribution >= 0.6 is 0 Å². The van der Waals surface area contributed by atoms with Crippen molar-refractivity contribution in [1.82, 2.24) is 9.78 Å². The molecule has 0 fully saturated rings. The molecule has 0 atom stereocenters. The molecule has 0 saturated heterocycles. The van der Waals surface area contributed by atoms with Crippen LogP contribution in [0.2, 0.25) is 0 Å². The first-order chi connectivity index (χ1) is 9.58. The second kappa shape index (κ2) is 5.66. The van der Waals surface area contributed by atoms with Crippen LogP contribution in [0.4, 0.5) is 17.2 Å². The molecule has 1 aromatic carbocycles. The van der Waals surface area contributed by atoms with Gasteiger partial charge in [0.25, 0.3) is 0 Å². The molecule has 0 radical (unpaired) electrons. The Labute approximate surface area is 119 Å². The highest BCUT2D eigenvalue weighted by Crippen LogP contribution is 2.31. The summed E-state index contributed by atoms with van der Waals surface area (Å²) in [4.78, 5) is 1.98. The first kappa shape index (κ1) is 13.9. The van der Waals surface area contributed by atoms with Crippen LogP contribution in [-0.4, -0.2) is 16.8 Å². The van der Waals surface area contributed by atoms with Gasteiger partial charge in [-0.3, -0.25) is 0 Å². The van der Waals surface area contributed by atoms with E-state index < -0.39 is 0 Å². The lowest BCUT2D eigenvalue weighted by atomic mass is 10.2. The molecule has 1 heterocycles. The number of nitrogens with two attached hydrogens (primary N) is 1. The van der Waals surface area contributed by atoms with E-state index in [0.717, 1.165) is 30.2 Å². The molecule has 0 saturated carbocycles.